The number of hydrogen-bond acceptors (Lipinski definition) is 7. The Labute approximate surface area is 261 Å². The van der Waals surface area contributed by atoms with Gasteiger partial charge in [0.05, 0.1) is 28.1 Å². The van der Waals surface area contributed by atoms with Gasteiger partial charge in [0.2, 0.25) is 0 Å². The van der Waals surface area contributed by atoms with Crippen LogP contribution in [0.4, 0.5) is 23.0 Å². The lowest BCUT2D eigenvalue weighted by Gasteiger charge is -2.28. The maximum atomic E-state index is 5.38. The third-order valence-corrected chi connectivity index (χ3v) is 8.67. The fraction of sp³-hybridized carbons (Fsp3) is 0.162. The normalized spacial score (nSPS) is 13.6. The number of rotatable bonds is 3. The van der Waals surface area contributed by atoms with Gasteiger partial charge in [0, 0.05) is 5.22 Å². The Balaban J connectivity index is 1.49. The van der Waals surface area contributed by atoms with Crippen LogP contribution in [0.1, 0.15) is 33.8 Å². The molecular formula is C37H32N8. The summed E-state index contributed by atoms with van der Waals surface area (Å²) in [6, 6.07) is 25.5. The molecule has 8 heteroatoms. The Kier molecular flexibility index (Phi) is 5.96. The molecule has 0 amide bonds. The summed E-state index contributed by atoms with van der Waals surface area (Å²) in [5, 5.41) is 12.3. The van der Waals surface area contributed by atoms with Crippen LogP contribution in [0.3, 0.4) is 0 Å². The number of benzene rings is 4. The number of nitrogens with zero attached hydrogens (tertiary/aromatic N) is 8. The van der Waals surface area contributed by atoms with Crippen molar-refractivity contribution in [1.29, 1.82) is 0 Å². The van der Waals surface area contributed by atoms with Crippen LogP contribution in [0.2, 0.25) is 0 Å². The smallest absolute Gasteiger partial charge is 0.185 e. The van der Waals surface area contributed by atoms with Crippen molar-refractivity contribution in [3.8, 4) is 0 Å². The molecule has 0 spiro atoms. The number of allylic oxidation sites excluding steroid dienone is 1. The SMILES string of the molecule is Cc1nc2/c(=C\C=C3N(c4c(C)cccc4C)c4nc5cc6ccccc6cc5nc4N3c3c(C)cccc3C)c(C)nn2n1. The van der Waals surface area contributed by atoms with E-state index in [0.29, 0.717) is 5.82 Å². The van der Waals surface area contributed by atoms with Gasteiger partial charge in [-0.15, -0.1) is 9.73 Å². The van der Waals surface area contributed by atoms with Crippen LogP contribution < -0.4 is 15.0 Å². The van der Waals surface area contributed by atoms with Gasteiger partial charge in [-0.05, 0) is 98.9 Å². The fourth-order valence-electron chi connectivity index (χ4n) is 6.60. The molecule has 0 unspecified atom stereocenters. The van der Waals surface area contributed by atoms with E-state index in [0.717, 1.165) is 89.5 Å². The summed E-state index contributed by atoms with van der Waals surface area (Å²) in [7, 11) is 0. The average Bonchev–Trinajstić information content (AvgIpc) is 3.61. The van der Waals surface area contributed by atoms with E-state index in [4.69, 9.17) is 9.97 Å². The number of para-hydroxylation sites is 2. The standard InChI is InChI=1S/C37H32N8/c1-21-11-9-12-22(2)33(21)43-32(18-17-29-25(5)41-45-35(29)38-26(6)42-45)44(34-23(3)13-10-14-24(34)4)37-36(43)39-30-19-27-15-7-8-16-28(27)20-31(30)40-37/h7-20H,1-6H3/b29-17-. The fourth-order valence-corrected chi connectivity index (χ4v) is 6.60. The van der Waals surface area contributed by atoms with Crippen LogP contribution in [0.5, 0.6) is 0 Å². The molecule has 4 aromatic carbocycles. The predicted molar refractivity (Wildman–Crippen MR) is 181 cm³/mol. The van der Waals surface area contributed by atoms with E-state index in [1.807, 2.05) is 13.8 Å². The van der Waals surface area contributed by atoms with Crippen molar-refractivity contribution in [3.05, 3.63) is 124 Å². The topological polar surface area (TPSA) is 75.3 Å². The van der Waals surface area contributed by atoms with Crippen LogP contribution in [0.15, 0.2) is 84.7 Å². The van der Waals surface area contributed by atoms with Gasteiger partial charge in [0.15, 0.2) is 17.3 Å². The minimum absolute atomic E-state index is 0.690. The summed E-state index contributed by atoms with van der Waals surface area (Å²) >= 11 is 0. The second-order valence-corrected chi connectivity index (χ2v) is 11.9. The molecule has 7 aromatic rings. The summed E-state index contributed by atoms with van der Waals surface area (Å²) in [5.74, 6) is 3.20. The molecule has 0 saturated heterocycles. The lowest BCUT2D eigenvalue weighted by molar-refractivity contribution is 0.793. The molecule has 0 atom stereocenters. The van der Waals surface area contributed by atoms with Crippen molar-refractivity contribution >= 4 is 56.5 Å². The summed E-state index contributed by atoms with van der Waals surface area (Å²) in [6.45, 7) is 12.5. The molecule has 0 aliphatic carbocycles. The molecule has 0 radical (unpaired) electrons. The molecule has 8 nitrogen and oxygen atoms in total. The maximum Gasteiger partial charge on any atom is 0.185 e. The Bertz CT molecular complexity index is 2260. The first-order valence-electron chi connectivity index (χ1n) is 15.1. The molecular weight excluding hydrogens is 556 g/mol. The van der Waals surface area contributed by atoms with E-state index in [9.17, 15) is 0 Å². The zero-order valence-electron chi connectivity index (χ0n) is 26.2. The second-order valence-electron chi connectivity index (χ2n) is 11.9. The largest absolute Gasteiger partial charge is 0.276 e. The van der Waals surface area contributed by atoms with Gasteiger partial charge in [-0.1, -0.05) is 60.7 Å². The van der Waals surface area contributed by atoms with Gasteiger partial charge in [0.25, 0.3) is 0 Å². The molecule has 3 aromatic heterocycles. The number of aryl methyl sites for hydroxylation is 6. The zero-order chi connectivity index (χ0) is 31.0. The molecule has 4 heterocycles. The number of anilines is 4. The molecule has 1 aliphatic rings. The van der Waals surface area contributed by atoms with Crippen LogP contribution in [0, 0.1) is 41.5 Å². The van der Waals surface area contributed by atoms with Gasteiger partial charge >= 0.3 is 0 Å². The predicted octanol–water partition coefficient (Wildman–Crippen LogP) is 7.40. The molecule has 8 rings (SSSR count). The molecule has 0 N–H and O–H groups in total. The molecule has 0 saturated carbocycles. The van der Waals surface area contributed by atoms with E-state index in [-0.39, 0.29) is 0 Å². The monoisotopic (exact) mass is 588 g/mol. The molecule has 0 bridgehead atoms. The van der Waals surface area contributed by atoms with Crippen molar-refractivity contribution in [1.82, 2.24) is 29.8 Å². The van der Waals surface area contributed by atoms with Gasteiger partial charge in [-0.25, -0.2) is 15.0 Å². The molecule has 45 heavy (non-hydrogen) atoms. The summed E-state index contributed by atoms with van der Waals surface area (Å²) in [5.41, 5.74) is 10.1. The summed E-state index contributed by atoms with van der Waals surface area (Å²) < 4.78 is 1.62. The Morgan fingerprint density at radius 2 is 1.07 bits per heavy atom. The Hall–Kier alpha value is -5.63. The number of fused-ring (bicyclic) bond motifs is 4. The first kappa shape index (κ1) is 27.0. The number of aromatic nitrogens is 6. The van der Waals surface area contributed by atoms with Crippen molar-refractivity contribution in [2.24, 2.45) is 0 Å². The summed E-state index contributed by atoms with van der Waals surface area (Å²) in [4.78, 5) is 20.0. The van der Waals surface area contributed by atoms with Crippen LogP contribution >= 0.6 is 0 Å². The zero-order valence-corrected chi connectivity index (χ0v) is 26.2. The highest BCUT2D eigenvalue weighted by Crippen LogP contribution is 2.51. The van der Waals surface area contributed by atoms with E-state index in [1.54, 1.807) is 4.63 Å². The highest BCUT2D eigenvalue weighted by molar-refractivity contribution is 6.00. The lowest BCUT2D eigenvalue weighted by atomic mass is 10.1. The van der Waals surface area contributed by atoms with Crippen LogP contribution in [-0.4, -0.2) is 29.8 Å². The first-order valence-corrected chi connectivity index (χ1v) is 15.1. The van der Waals surface area contributed by atoms with Crippen molar-refractivity contribution in [2.75, 3.05) is 9.80 Å². The summed E-state index contributed by atoms with van der Waals surface area (Å²) in [6.07, 6.45) is 4.25. The van der Waals surface area contributed by atoms with Crippen molar-refractivity contribution in [3.63, 3.8) is 0 Å². The maximum absolute atomic E-state index is 5.38. The van der Waals surface area contributed by atoms with E-state index >= 15 is 0 Å². The highest BCUT2D eigenvalue weighted by Gasteiger charge is 2.39. The minimum atomic E-state index is 0.690. The van der Waals surface area contributed by atoms with E-state index < -0.39 is 0 Å². The molecule has 0 fully saturated rings. The van der Waals surface area contributed by atoms with Crippen molar-refractivity contribution < 1.29 is 0 Å². The quantitative estimate of drug-likeness (QED) is 0.199. The van der Waals surface area contributed by atoms with E-state index in [1.165, 1.54) is 0 Å². The average molecular weight is 589 g/mol. The minimum Gasteiger partial charge on any atom is -0.276 e. The number of hydrogen-bond donors (Lipinski definition) is 0. The highest BCUT2D eigenvalue weighted by atomic mass is 15.5. The van der Waals surface area contributed by atoms with E-state index in [2.05, 4.69) is 138 Å². The van der Waals surface area contributed by atoms with Gasteiger partial charge in [-0.3, -0.25) is 9.80 Å². The lowest BCUT2D eigenvalue weighted by Crippen LogP contribution is -2.24. The van der Waals surface area contributed by atoms with Gasteiger partial charge in [-0.2, -0.15) is 5.10 Å². The third kappa shape index (κ3) is 4.17. The third-order valence-electron chi connectivity index (χ3n) is 8.67. The van der Waals surface area contributed by atoms with Crippen LogP contribution in [0.25, 0.3) is 33.5 Å². The van der Waals surface area contributed by atoms with Gasteiger partial charge < -0.3 is 0 Å². The van der Waals surface area contributed by atoms with Gasteiger partial charge in [0.1, 0.15) is 11.6 Å². The molecule has 1 aliphatic heterocycles. The van der Waals surface area contributed by atoms with Crippen molar-refractivity contribution in [2.45, 2.75) is 41.5 Å². The Morgan fingerprint density at radius 1 is 0.556 bits per heavy atom. The Morgan fingerprint density at radius 3 is 1.58 bits per heavy atom. The van der Waals surface area contributed by atoms with Crippen LogP contribution in [-0.2, 0) is 0 Å². The molecule has 220 valence electrons. The second kappa shape index (κ2) is 9.95. The first-order chi connectivity index (χ1) is 21.8.